The second-order valence-corrected chi connectivity index (χ2v) is 9.95. The summed E-state index contributed by atoms with van der Waals surface area (Å²) in [6.45, 7) is 4.58. The van der Waals surface area contributed by atoms with Crippen LogP contribution in [0.25, 0.3) is 0 Å². The van der Waals surface area contributed by atoms with Crippen LogP contribution in [0.5, 0.6) is 0 Å². The first-order valence-electron chi connectivity index (χ1n) is 14.9. The second-order valence-electron chi connectivity index (χ2n) is 9.95. The third kappa shape index (κ3) is 29.3. The van der Waals surface area contributed by atoms with Gasteiger partial charge in [-0.05, 0) is 25.7 Å². The van der Waals surface area contributed by atoms with Gasteiger partial charge >= 0.3 is 0 Å². The average molecular weight is 449 g/mol. The summed E-state index contributed by atoms with van der Waals surface area (Å²) in [6.07, 6.45) is 40.0. The first kappa shape index (κ1) is 31.3. The first-order chi connectivity index (χ1) is 15.9. The Hall–Kier alpha value is -0.660. The van der Waals surface area contributed by atoms with Crippen molar-refractivity contribution in [2.24, 2.45) is 10.2 Å². The highest BCUT2D eigenvalue weighted by Gasteiger charge is 1.94. The van der Waals surface area contributed by atoms with E-state index in [4.69, 9.17) is 0 Å². The fourth-order valence-corrected chi connectivity index (χ4v) is 4.36. The van der Waals surface area contributed by atoms with Crippen LogP contribution >= 0.6 is 0 Å². The lowest BCUT2D eigenvalue weighted by Gasteiger charge is -2.02. The minimum Gasteiger partial charge on any atom is -0.164 e. The minimum absolute atomic E-state index is 1.09. The lowest BCUT2D eigenvalue weighted by Crippen LogP contribution is -1.84. The van der Waals surface area contributed by atoms with Crippen molar-refractivity contribution < 1.29 is 0 Å². The Morgan fingerprint density at radius 1 is 0.312 bits per heavy atom. The second kappa shape index (κ2) is 30.3. The van der Waals surface area contributed by atoms with Gasteiger partial charge in [-0.1, -0.05) is 155 Å². The van der Waals surface area contributed by atoms with Crippen molar-refractivity contribution in [3.63, 3.8) is 0 Å². The van der Waals surface area contributed by atoms with Crippen molar-refractivity contribution in [2.45, 2.75) is 181 Å². The zero-order valence-corrected chi connectivity index (χ0v) is 22.4. The van der Waals surface area contributed by atoms with E-state index in [-0.39, 0.29) is 0 Å². The molecule has 0 N–H and O–H groups in total. The lowest BCUT2D eigenvalue weighted by molar-refractivity contribution is 0.546. The molecule has 32 heavy (non-hydrogen) atoms. The van der Waals surface area contributed by atoms with Crippen LogP contribution in [0.1, 0.15) is 181 Å². The highest BCUT2D eigenvalue weighted by Crippen LogP contribution is 2.13. The van der Waals surface area contributed by atoms with Crippen LogP contribution in [0.2, 0.25) is 0 Å². The van der Waals surface area contributed by atoms with Gasteiger partial charge in [-0.2, -0.15) is 10.2 Å². The molecule has 0 radical (unpaired) electrons. The molecule has 190 valence electrons. The van der Waals surface area contributed by atoms with E-state index < -0.39 is 0 Å². The zero-order valence-electron chi connectivity index (χ0n) is 22.4. The van der Waals surface area contributed by atoms with Crippen molar-refractivity contribution in [1.29, 1.82) is 0 Å². The van der Waals surface area contributed by atoms with E-state index in [1.54, 1.807) is 0 Å². The summed E-state index contributed by atoms with van der Waals surface area (Å²) in [7, 11) is 0. The van der Waals surface area contributed by atoms with Gasteiger partial charge in [0.15, 0.2) is 0 Å². The van der Waals surface area contributed by atoms with Gasteiger partial charge in [-0.25, -0.2) is 0 Å². The molecule has 0 fully saturated rings. The highest BCUT2D eigenvalue weighted by atomic mass is 15.2. The average Bonchev–Trinajstić information content (AvgIpc) is 2.81. The molecule has 0 bridgehead atoms. The molecule has 0 aliphatic carbocycles. The van der Waals surface area contributed by atoms with Crippen molar-refractivity contribution in [2.75, 3.05) is 0 Å². The molecular formula is C30H60N2. The van der Waals surface area contributed by atoms with Crippen molar-refractivity contribution in [3.8, 4) is 0 Å². The van der Waals surface area contributed by atoms with Crippen molar-refractivity contribution >= 4 is 12.4 Å². The maximum atomic E-state index is 4.20. The molecule has 0 aromatic heterocycles. The molecule has 0 heterocycles. The van der Waals surface area contributed by atoms with Crippen LogP contribution in [-0.4, -0.2) is 12.4 Å². The summed E-state index contributed by atoms with van der Waals surface area (Å²) < 4.78 is 0. The Labute approximate surface area is 203 Å². The minimum atomic E-state index is 1.09. The Balaban J connectivity index is 3.14. The van der Waals surface area contributed by atoms with Gasteiger partial charge in [0.05, 0.1) is 0 Å². The molecule has 0 atom stereocenters. The smallest absolute Gasteiger partial charge is 0.0270 e. The van der Waals surface area contributed by atoms with Crippen LogP contribution in [0.3, 0.4) is 0 Å². The monoisotopic (exact) mass is 448 g/mol. The molecule has 0 amide bonds. The standard InChI is InChI=1S/C30H60N2/c1-3-5-7-9-11-13-15-17-19-21-23-25-27-29-31-32-30-28-26-24-22-20-18-16-14-12-10-8-6-4-2/h29-30H,3-28H2,1-2H3/b31-29-,32-30-. The molecule has 0 aromatic carbocycles. The molecule has 0 rings (SSSR count). The van der Waals surface area contributed by atoms with Crippen molar-refractivity contribution in [3.05, 3.63) is 0 Å². The predicted octanol–water partition coefficient (Wildman–Crippen LogP) is 11.2. The summed E-state index contributed by atoms with van der Waals surface area (Å²) in [5, 5.41) is 8.40. The molecule has 2 heteroatoms. The molecular weight excluding hydrogens is 388 g/mol. The maximum absolute atomic E-state index is 4.20. The number of rotatable bonds is 27. The fourth-order valence-electron chi connectivity index (χ4n) is 4.36. The third-order valence-corrected chi connectivity index (χ3v) is 6.60. The number of hydrogen-bond acceptors (Lipinski definition) is 2. The van der Waals surface area contributed by atoms with Gasteiger partial charge in [-0.3, -0.25) is 0 Å². The molecule has 0 saturated carbocycles. The summed E-state index contributed by atoms with van der Waals surface area (Å²) in [4.78, 5) is 0. The molecule has 0 aliphatic rings. The Kier molecular flexibility index (Phi) is 29.7. The summed E-state index contributed by atoms with van der Waals surface area (Å²) in [5.41, 5.74) is 0. The fraction of sp³-hybridized carbons (Fsp3) is 0.933. The van der Waals surface area contributed by atoms with Crippen LogP contribution in [0.4, 0.5) is 0 Å². The molecule has 0 aliphatic heterocycles. The van der Waals surface area contributed by atoms with Gasteiger partial charge in [0.25, 0.3) is 0 Å². The van der Waals surface area contributed by atoms with E-state index in [1.807, 2.05) is 12.4 Å². The number of nitrogens with zero attached hydrogens (tertiary/aromatic N) is 2. The highest BCUT2D eigenvalue weighted by molar-refractivity contribution is 5.61. The zero-order chi connectivity index (χ0) is 23.2. The van der Waals surface area contributed by atoms with Crippen LogP contribution in [0, 0.1) is 0 Å². The molecule has 0 saturated heterocycles. The topological polar surface area (TPSA) is 24.7 Å². The normalized spacial score (nSPS) is 11.9. The first-order valence-corrected chi connectivity index (χ1v) is 14.9. The molecule has 0 unspecified atom stereocenters. The van der Waals surface area contributed by atoms with Crippen molar-refractivity contribution in [1.82, 2.24) is 0 Å². The van der Waals surface area contributed by atoms with E-state index in [0.29, 0.717) is 0 Å². The quantitative estimate of drug-likeness (QED) is 0.0678. The third-order valence-electron chi connectivity index (χ3n) is 6.60. The van der Waals surface area contributed by atoms with E-state index in [2.05, 4.69) is 24.1 Å². The van der Waals surface area contributed by atoms with E-state index in [1.165, 1.54) is 154 Å². The molecule has 0 aromatic rings. The van der Waals surface area contributed by atoms with Crippen LogP contribution < -0.4 is 0 Å². The summed E-state index contributed by atoms with van der Waals surface area (Å²) >= 11 is 0. The Morgan fingerprint density at radius 2 is 0.531 bits per heavy atom. The van der Waals surface area contributed by atoms with Crippen LogP contribution in [-0.2, 0) is 0 Å². The van der Waals surface area contributed by atoms with Gasteiger partial charge in [0.1, 0.15) is 0 Å². The van der Waals surface area contributed by atoms with E-state index in [9.17, 15) is 0 Å². The summed E-state index contributed by atoms with van der Waals surface area (Å²) in [5.74, 6) is 0. The number of unbranched alkanes of at least 4 members (excludes halogenated alkanes) is 24. The SMILES string of the molecule is CCCCCCCCCCCCCC/C=N\N=C/CCCCCCCCCCCCCC. The lowest BCUT2D eigenvalue weighted by atomic mass is 10.0. The number of hydrogen-bond donors (Lipinski definition) is 0. The van der Waals surface area contributed by atoms with E-state index in [0.717, 1.165) is 12.8 Å². The Morgan fingerprint density at radius 3 is 0.781 bits per heavy atom. The van der Waals surface area contributed by atoms with Gasteiger partial charge in [0.2, 0.25) is 0 Å². The Bertz CT molecular complexity index is 339. The maximum Gasteiger partial charge on any atom is 0.0270 e. The largest absolute Gasteiger partial charge is 0.164 e. The summed E-state index contributed by atoms with van der Waals surface area (Å²) in [6, 6.07) is 0. The van der Waals surface area contributed by atoms with Gasteiger partial charge < -0.3 is 0 Å². The predicted molar refractivity (Wildman–Crippen MR) is 148 cm³/mol. The molecule has 0 spiro atoms. The molecule has 2 nitrogen and oxygen atoms in total. The van der Waals surface area contributed by atoms with Gasteiger partial charge in [-0.15, -0.1) is 0 Å². The van der Waals surface area contributed by atoms with E-state index >= 15 is 0 Å². The van der Waals surface area contributed by atoms with Gasteiger partial charge in [0, 0.05) is 12.4 Å². The van der Waals surface area contributed by atoms with Crippen LogP contribution in [0.15, 0.2) is 10.2 Å².